The third kappa shape index (κ3) is 3.68. The fourth-order valence-electron chi connectivity index (χ4n) is 3.66. The average molecular weight is 323 g/mol. The highest BCUT2D eigenvalue weighted by atomic mass is 16.5. The number of benzene rings is 2. The molecular formula is C21H25NO2. The maximum Gasteiger partial charge on any atom is 0.310 e. The molecule has 0 unspecified atom stereocenters. The van der Waals surface area contributed by atoms with E-state index in [1.54, 1.807) is 0 Å². The van der Waals surface area contributed by atoms with Crippen LogP contribution in [0, 0.1) is 12.8 Å². The molecule has 1 saturated heterocycles. The molecule has 3 heteroatoms. The standard InChI is InChI=1S/C21H25NO2/c1-3-24-21(23)20-15-22(13-17-10-5-4-6-11-17)14-19(20)18-12-8-7-9-16(18)2/h4-12,19-20H,3,13-15H2,1-2H3/t19-,20+/m0/s1. The molecule has 3 nitrogen and oxygen atoms in total. The second-order valence-electron chi connectivity index (χ2n) is 6.50. The molecule has 1 aliphatic heterocycles. The Morgan fingerprint density at radius 2 is 1.79 bits per heavy atom. The van der Waals surface area contributed by atoms with E-state index in [1.165, 1.54) is 16.7 Å². The molecule has 0 bridgehead atoms. The number of carbonyl (C=O) groups excluding carboxylic acids is 1. The van der Waals surface area contributed by atoms with Gasteiger partial charge in [0.25, 0.3) is 0 Å². The zero-order valence-electron chi connectivity index (χ0n) is 14.4. The number of nitrogens with zero attached hydrogens (tertiary/aromatic N) is 1. The third-order valence-electron chi connectivity index (χ3n) is 4.82. The van der Waals surface area contributed by atoms with Crippen molar-refractivity contribution in [2.75, 3.05) is 19.7 Å². The quantitative estimate of drug-likeness (QED) is 0.784. The van der Waals surface area contributed by atoms with Gasteiger partial charge in [0.15, 0.2) is 0 Å². The first kappa shape index (κ1) is 16.7. The third-order valence-corrected chi connectivity index (χ3v) is 4.82. The number of hydrogen-bond acceptors (Lipinski definition) is 3. The van der Waals surface area contributed by atoms with Gasteiger partial charge in [0.05, 0.1) is 12.5 Å². The summed E-state index contributed by atoms with van der Waals surface area (Å²) in [6, 6.07) is 18.8. The molecule has 0 N–H and O–H groups in total. The van der Waals surface area contributed by atoms with E-state index in [-0.39, 0.29) is 17.8 Å². The predicted octanol–water partition coefficient (Wildman–Crippen LogP) is 3.77. The highest BCUT2D eigenvalue weighted by Gasteiger charge is 2.39. The van der Waals surface area contributed by atoms with E-state index in [2.05, 4.69) is 60.4 Å². The highest BCUT2D eigenvalue weighted by molar-refractivity contribution is 5.74. The first-order valence-corrected chi connectivity index (χ1v) is 8.67. The van der Waals surface area contributed by atoms with Crippen molar-refractivity contribution >= 4 is 5.97 Å². The normalized spacial score (nSPS) is 20.9. The SMILES string of the molecule is CCOC(=O)[C@@H]1CN(Cc2ccccc2)C[C@H]1c1ccccc1C. The predicted molar refractivity (Wildman–Crippen MR) is 95.8 cm³/mol. The second kappa shape index (κ2) is 7.63. The van der Waals surface area contributed by atoms with E-state index < -0.39 is 0 Å². The Morgan fingerprint density at radius 3 is 2.50 bits per heavy atom. The van der Waals surface area contributed by atoms with Gasteiger partial charge >= 0.3 is 5.97 Å². The van der Waals surface area contributed by atoms with Gasteiger partial charge in [0, 0.05) is 25.6 Å². The number of carbonyl (C=O) groups is 1. The van der Waals surface area contributed by atoms with Gasteiger partial charge in [-0.25, -0.2) is 0 Å². The van der Waals surface area contributed by atoms with E-state index in [9.17, 15) is 4.79 Å². The fourth-order valence-corrected chi connectivity index (χ4v) is 3.66. The Balaban J connectivity index is 1.82. The van der Waals surface area contributed by atoms with Crippen molar-refractivity contribution in [3.8, 4) is 0 Å². The van der Waals surface area contributed by atoms with Gasteiger partial charge in [-0.2, -0.15) is 0 Å². The minimum absolute atomic E-state index is 0.0682. The highest BCUT2D eigenvalue weighted by Crippen LogP contribution is 2.35. The van der Waals surface area contributed by atoms with Crippen LogP contribution in [-0.4, -0.2) is 30.6 Å². The molecule has 0 amide bonds. The van der Waals surface area contributed by atoms with E-state index in [4.69, 9.17) is 4.74 Å². The van der Waals surface area contributed by atoms with Gasteiger partial charge in [-0.3, -0.25) is 9.69 Å². The molecule has 3 rings (SSSR count). The summed E-state index contributed by atoms with van der Waals surface area (Å²) in [4.78, 5) is 14.9. The molecule has 0 aliphatic carbocycles. The lowest BCUT2D eigenvalue weighted by molar-refractivity contribution is -0.148. The summed E-state index contributed by atoms with van der Waals surface area (Å²) in [6.07, 6.45) is 0. The molecule has 1 fully saturated rings. The van der Waals surface area contributed by atoms with Crippen LogP contribution < -0.4 is 0 Å². The Kier molecular flexibility index (Phi) is 5.31. The van der Waals surface area contributed by atoms with Crippen LogP contribution in [0.15, 0.2) is 54.6 Å². The van der Waals surface area contributed by atoms with Crippen LogP contribution in [0.25, 0.3) is 0 Å². The zero-order valence-corrected chi connectivity index (χ0v) is 14.4. The minimum atomic E-state index is -0.0882. The van der Waals surface area contributed by atoms with Crippen molar-refractivity contribution in [1.82, 2.24) is 4.90 Å². The molecule has 1 aliphatic rings. The smallest absolute Gasteiger partial charge is 0.310 e. The van der Waals surface area contributed by atoms with Gasteiger partial charge in [0.2, 0.25) is 0 Å². The van der Waals surface area contributed by atoms with Gasteiger partial charge in [-0.1, -0.05) is 54.6 Å². The summed E-state index contributed by atoms with van der Waals surface area (Å²) in [7, 11) is 0. The van der Waals surface area contributed by atoms with Crippen LogP contribution in [0.2, 0.25) is 0 Å². The Morgan fingerprint density at radius 1 is 1.08 bits per heavy atom. The van der Waals surface area contributed by atoms with Crippen LogP contribution in [0.4, 0.5) is 0 Å². The molecule has 0 aromatic heterocycles. The summed E-state index contributed by atoms with van der Waals surface area (Å²) in [6.45, 7) is 6.96. The summed E-state index contributed by atoms with van der Waals surface area (Å²) < 4.78 is 5.35. The topological polar surface area (TPSA) is 29.5 Å². The number of likely N-dealkylation sites (tertiary alicyclic amines) is 1. The summed E-state index contributed by atoms with van der Waals surface area (Å²) >= 11 is 0. The van der Waals surface area contributed by atoms with Gasteiger partial charge in [0.1, 0.15) is 0 Å². The molecule has 24 heavy (non-hydrogen) atoms. The first-order chi connectivity index (χ1) is 11.7. The number of esters is 1. The zero-order chi connectivity index (χ0) is 16.9. The summed E-state index contributed by atoms with van der Waals surface area (Å²) in [5, 5.41) is 0. The molecule has 126 valence electrons. The van der Waals surface area contributed by atoms with Gasteiger partial charge in [-0.15, -0.1) is 0 Å². The van der Waals surface area contributed by atoms with Crippen molar-refractivity contribution in [2.45, 2.75) is 26.3 Å². The van der Waals surface area contributed by atoms with E-state index in [1.807, 2.05) is 13.0 Å². The Hall–Kier alpha value is -2.13. The number of ether oxygens (including phenoxy) is 1. The summed E-state index contributed by atoms with van der Waals surface area (Å²) in [5.41, 5.74) is 3.80. The van der Waals surface area contributed by atoms with E-state index in [0.29, 0.717) is 6.61 Å². The monoisotopic (exact) mass is 323 g/mol. The lowest BCUT2D eigenvalue weighted by Crippen LogP contribution is -2.25. The second-order valence-corrected chi connectivity index (χ2v) is 6.50. The molecule has 2 atom stereocenters. The number of rotatable bonds is 5. The Labute approximate surface area is 144 Å². The van der Waals surface area contributed by atoms with Crippen molar-refractivity contribution in [3.05, 3.63) is 71.3 Å². The first-order valence-electron chi connectivity index (χ1n) is 8.67. The average Bonchev–Trinajstić information content (AvgIpc) is 3.00. The van der Waals surface area contributed by atoms with Crippen molar-refractivity contribution in [3.63, 3.8) is 0 Å². The lowest BCUT2D eigenvalue weighted by Gasteiger charge is -2.19. The van der Waals surface area contributed by atoms with Crippen LogP contribution in [0.5, 0.6) is 0 Å². The Bertz CT molecular complexity index is 683. The molecular weight excluding hydrogens is 298 g/mol. The molecule has 0 saturated carbocycles. The van der Waals surface area contributed by atoms with E-state index in [0.717, 1.165) is 19.6 Å². The van der Waals surface area contributed by atoms with Gasteiger partial charge < -0.3 is 4.74 Å². The number of hydrogen-bond donors (Lipinski definition) is 0. The minimum Gasteiger partial charge on any atom is -0.466 e. The van der Waals surface area contributed by atoms with Crippen LogP contribution >= 0.6 is 0 Å². The van der Waals surface area contributed by atoms with E-state index >= 15 is 0 Å². The maximum absolute atomic E-state index is 12.5. The molecule has 0 radical (unpaired) electrons. The maximum atomic E-state index is 12.5. The van der Waals surface area contributed by atoms with Crippen LogP contribution in [0.3, 0.4) is 0 Å². The fraction of sp³-hybridized carbons (Fsp3) is 0.381. The van der Waals surface area contributed by atoms with Gasteiger partial charge in [-0.05, 0) is 30.5 Å². The molecule has 0 spiro atoms. The number of aryl methyl sites for hydroxylation is 1. The molecule has 1 heterocycles. The van der Waals surface area contributed by atoms with Crippen molar-refractivity contribution < 1.29 is 9.53 Å². The largest absolute Gasteiger partial charge is 0.466 e. The van der Waals surface area contributed by atoms with Crippen LogP contribution in [-0.2, 0) is 16.1 Å². The van der Waals surface area contributed by atoms with Crippen LogP contribution in [0.1, 0.15) is 29.5 Å². The lowest BCUT2D eigenvalue weighted by atomic mass is 9.86. The molecule has 2 aromatic carbocycles. The van der Waals surface area contributed by atoms with Crippen molar-refractivity contribution in [1.29, 1.82) is 0 Å². The molecule has 2 aromatic rings. The van der Waals surface area contributed by atoms with Crippen molar-refractivity contribution in [2.24, 2.45) is 5.92 Å². The summed E-state index contributed by atoms with van der Waals surface area (Å²) in [5.74, 6) is 0.0463.